The second kappa shape index (κ2) is 11.6. The Kier molecular flexibility index (Phi) is 8.25. The second-order valence-corrected chi connectivity index (χ2v) is 11.7. The number of hydrogen-bond acceptors (Lipinski definition) is 8. The van der Waals surface area contributed by atoms with Gasteiger partial charge in [-0.05, 0) is 58.5 Å². The summed E-state index contributed by atoms with van der Waals surface area (Å²) in [6.45, 7) is 11.8. The van der Waals surface area contributed by atoms with Crippen LogP contribution in [0.2, 0.25) is 5.02 Å². The average Bonchev–Trinajstić information content (AvgIpc) is 3.37. The molecular formula is C27H35ClN8OS. The molecule has 1 fully saturated rings. The predicted octanol–water partition coefficient (Wildman–Crippen LogP) is 3.45. The minimum absolute atomic E-state index is 0.0328. The first kappa shape index (κ1) is 27.0. The molecule has 1 atom stereocenters. The first-order chi connectivity index (χ1) is 18.3. The van der Waals surface area contributed by atoms with Crippen molar-refractivity contribution in [3.63, 3.8) is 0 Å². The van der Waals surface area contributed by atoms with Gasteiger partial charge in [-0.1, -0.05) is 23.7 Å². The van der Waals surface area contributed by atoms with E-state index in [4.69, 9.17) is 16.6 Å². The van der Waals surface area contributed by atoms with Gasteiger partial charge in [0, 0.05) is 53.6 Å². The number of likely N-dealkylation sites (N-methyl/N-ethyl adjacent to an activating group) is 1. The van der Waals surface area contributed by atoms with Crippen molar-refractivity contribution in [2.45, 2.75) is 39.8 Å². The van der Waals surface area contributed by atoms with Crippen molar-refractivity contribution >= 4 is 34.6 Å². The molecule has 0 radical (unpaired) electrons. The molecule has 0 saturated carbocycles. The quantitative estimate of drug-likeness (QED) is 0.415. The van der Waals surface area contributed by atoms with Crippen molar-refractivity contribution in [1.82, 2.24) is 35.2 Å². The van der Waals surface area contributed by atoms with Crippen molar-refractivity contribution in [2.24, 2.45) is 4.99 Å². The van der Waals surface area contributed by atoms with E-state index in [2.05, 4.69) is 56.1 Å². The van der Waals surface area contributed by atoms with Gasteiger partial charge in [0.2, 0.25) is 5.91 Å². The largest absolute Gasteiger partial charge is 0.343 e. The van der Waals surface area contributed by atoms with Crippen LogP contribution in [0, 0.1) is 20.8 Å². The Morgan fingerprint density at radius 1 is 1.11 bits per heavy atom. The second-order valence-electron chi connectivity index (χ2n) is 10.0. The Balaban J connectivity index is 1.31. The van der Waals surface area contributed by atoms with E-state index in [0.29, 0.717) is 17.3 Å². The monoisotopic (exact) mass is 554 g/mol. The number of amides is 1. The molecular weight excluding hydrogens is 520 g/mol. The number of carbonyl (C=O) groups is 1. The van der Waals surface area contributed by atoms with Gasteiger partial charge < -0.3 is 15.1 Å². The van der Waals surface area contributed by atoms with Crippen LogP contribution in [0.5, 0.6) is 0 Å². The standard InChI is InChI=1S/C27H35ClN8OS/c1-17-18(2)38-27-23(17)24(20-7-9-21(28)10-8-20)31-25(26-33-32-19(3)36(26)27)30-16-29-22(37)6-5-11-35-14-12-34(4)13-15-35/h7-10,25,30H,5-6,11-16H2,1-4H3,(H,29,37). The Morgan fingerprint density at radius 2 is 1.84 bits per heavy atom. The van der Waals surface area contributed by atoms with Crippen molar-refractivity contribution in [3.05, 3.63) is 62.5 Å². The number of aryl methyl sites for hydroxylation is 2. The zero-order chi connectivity index (χ0) is 26.8. The Morgan fingerprint density at radius 3 is 2.58 bits per heavy atom. The molecule has 2 N–H and O–H groups in total. The van der Waals surface area contributed by atoms with E-state index in [1.54, 1.807) is 11.3 Å². The van der Waals surface area contributed by atoms with Crippen LogP contribution in [-0.4, -0.2) is 82.6 Å². The minimum atomic E-state index is -0.480. The maximum absolute atomic E-state index is 12.6. The van der Waals surface area contributed by atoms with Crippen LogP contribution in [-0.2, 0) is 4.79 Å². The minimum Gasteiger partial charge on any atom is -0.343 e. The van der Waals surface area contributed by atoms with Gasteiger partial charge in [0.1, 0.15) is 10.8 Å². The van der Waals surface area contributed by atoms with E-state index < -0.39 is 6.17 Å². The summed E-state index contributed by atoms with van der Waals surface area (Å²) in [5, 5.41) is 17.0. The fourth-order valence-electron chi connectivity index (χ4n) is 4.94. The summed E-state index contributed by atoms with van der Waals surface area (Å²) in [6.07, 6.45) is 0.875. The van der Waals surface area contributed by atoms with Gasteiger partial charge in [-0.2, -0.15) is 0 Å². The molecule has 2 aromatic heterocycles. The third-order valence-corrected chi connectivity index (χ3v) is 8.78. The van der Waals surface area contributed by atoms with E-state index in [0.717, 1.165) is 66.8 Å². The lowest BCUT2D eigenvalue weighted by Crippen LogP contribution is -2.44. The average molecular weight is 555 g/mol. The van der Waals surface area contributed by atoms with E-state index in [-0.39, 0.29) is 12.6 Å². The van der Waals surface area contributed by atoms with Crippen LogP contribution in [0.4, 0.5) is 0 Å². The molecule has 0 bridgehead atoms. The number of thiophene rings is 1. The molecule has 5 rings (SSSR count). The summed E-state index contributed by atoms with van der Waals surface area (Å²) in [6, 6.07) is 7.76. The summed E-state index contributed by atoms with van der Waals surface area (Å²) >= 11 is 7.91. The van der Waals surface area contributed by atoms with Crippen LogP contribution >= 0.6 is 22.9 Å². The number of carbonyl (C=O) groups excluding carboxylic acids is 1. The lowest BCUT2D eigenvalue weighted by Gasteiger charge is -2.32. The molecule has 1 amide bonds. The third-order valence-electron chi connectivity index (χ3n) is 7.33. The van der Waals surface area contributed by atoms with E-state index in [1.807, 2.05) is 31.2 Å². The lowest BCUT2D eigenvalue weighted by atomic mass is 10.00. The maximum Gasteiger partial charge on any atom is 0.221 e. The molecule has 0 spiro atoms. The van der Waals surface area contributed by atoms with Crippen LogP contribution in [0.3, 0.4) is 0 Å². The van der Waals surface area contributed by atoms with E-state index >= 15 is 0 Å². The number of nitrogens with zero attached hydrogens (tertiary/aromatic N) is 6. The molecule has 3 aromatic rings. The lowest BCUT2D eigenvalue weighted by molar-refractivity contribution is -0.121. The number of aliphatic imine (C=N–C) groups is 1. The highest BCUT2D eigenvalue weighted by Gasteiger charge is 2.31. The van der Waals surface area contributed by atoms with Crippen LogP contribution in [0.15, 0.2) is 29.3 Å². The smallest absolute Gasteiger partial charge is 0.221 e. The molecule has 11 heteroatoms. The normalized spacial score (nSPS) is 18.0. The topological polar surface area (TPSA) is 90.7 Å². The summed E-state index contributed by atoms with van der Waals surface area (Å²) in [5.41, 5.74) is 4.12. The Bertz CT molecular complexity index is 1320. The van der Waals surface area contributed by atoms with Gasteiger partial charge in [0.25, 0.3) is 0 Å². The van der Waals surface area contributed by atoms with Crippen LogP contribution in [0.25, 0.3) is 5.00 Å². The Hall–Kier alpha value is -2.63. The zero-order valence-corrected chi connectivity index (χ0v) is 24.0. The molecule has 1 unspecified atom stereocenters. The molecule has 202 valence electrons. The number of nitrogens with one attached hydrogen (secondary N) is 2. The molecule has 2 aliphatic rings. The fraction of sp³-hybridized carbons (Fsp3) is 0.481. The number of aromatic nitrogens is 3. The van der Waals surface area contributed by atoms with Gasteiger partial charge in [0.05, 0.1) is 12.4 Å². The molecule has 4 heterocycles. The summed E-state index contributed by atoms with van der Waals surface area (Å²) in [5.74, 6) is 1.54. The molecule has 1 saturated heterocycles. The molecule has 9 nitrogen and oxygen atoms in total. The van der Waals surface area contributed by atoms with E-state index in [9.17, 15) is 4.79 Å². The highest BCUT2D eigenvalue weighted by Crippen LogP contribution is 2.38. The summed E-state index contributed by atoms with van der Waals surface area (Å²) < 4.78 is 2.09. The predicted molar refractivity (Wildman–Crippen MR) is 153 cm³/mol. The van der Waals surface area contributed by atoms with Gasteiger partial charge in [-0.3, -0.25) is 19.7 Å². The van der Waals surface area contributed by atoms with Crippen molar-refractivity contribution < 1.29 is 4.79 Å². The summed E-state index contributed by atoms with van der Waals surface area (Å²) in [7, 11) is 2.15. The van der Waals surface area contributed by atoms with Gasteiger partial charge in [-0.25, -0.2) is 0 Å². The van der Waals surface area contributed by atoms with Crippen LogP contribution < -0.4 is 10.6 Å². The van der Waals surface area contributed by atoms with Crippen LogP contribution in [0.1, 0.15) is 52.2 Å². The third kappa shape index (κ3) is 5.69. The number of hydrogen-bond donors (Lipinski definition) is 2. The maximum atomic E-state index is 12.6. The SMILES string of the molecule is Cc1sc2c(c1C)C(c1ccc(Cl)cc1)=NC(NCNC(=O)CCCN1CCN(C)CC1)c1nnc(C)n1-2. The molecule has 0 aliphatic carbocycles. The van der Waals surface area contributed by atoms with E-state index in [1.165, 1.54) is 10.4 Å². The van der Waals surface area contributed by atoms with Crippen molar-refractivity contribution in [3.8, 4) is 5.00 Å². The van der Waals surface area contributed by atoms with Gasteiger partial charge in [0.15, 0.2) is 12.0 Å². The Labute approximate surface area is 232 Å². The number of piperazine rings is 1. The molecule has 38 heavy (non-hydrogen) atoms. The van der Waals surface area contributed by atoms with Gasteiger partial charge >= 0.3 is 0 Å². The van der Waals surface area contributed by atoms with Gasteiger partial charge in [-0.15, -0.1) is 21.5 Å². The highest BCUT2D eigenvalue weighted by molar-refractivity contribution is 7.15. The molecule has 2 aliphatic heterocycles. The fourth-order valence-corrected chi connectivity index (χ4v) is 6.28. The first-order valence-electron chi connectivity index (χ1n) is 13.1. The molecule has 1 aromatic carbocycles. The number of halogens is 1. The highest BCUT2D eigenvalue weighted by atomic mass is 35.5. The van der Waals surface area contributed by atoms with Crippen molar-refractivity contribution in [2.75, 3.05) is 46.4 Å². The number of fused-ring (bicyclic) bond motifs is 3. The van der Waals surface area contributed by atoms with Crippen molar-refractivity contribution in [1.29, 1.82) is 0 Å². The zero-order valence-electron chi connectivity index (χ0n) is 22.4. The summed E-state index contributed by atoms with van der Waals surface area (Å²) in [4.78, 5) is 23.7. The number of benzene rings is 1. The number of rotatable bonds is 8. The first-order valence-corrected chi connectivity index (χ1v) is 14.3.